The molecule has 3 aliphatic rings. The number of carbonyl (C=O) groups is 2. The molecule has 1 saturated heterocycles. The van der Waals surface area contributed by atoms with Gasteiger partial charge in [-0.15, -0.1) is 11.6 Å². The van der Waals surface area contributed by atoms with E-state index in [1.807, 2.05) is 11.0 Å². The lowest BCUT2D eigenvalue weighted by Crippen LogP contribution is -2.54. The number of aliphatic hydroxyl groups excluding tert-OH is 1. The molecule has 1 aliphatic carbocycles. The fraction of sp³-hybridized carbons (Fsp3) is 0.364. The summed E-state index contributed by atoms with van der Waals surface area (Å²) in [7, 11) is 0. The first kappa shape index (κ1) is 20.2. The summed E-state index contributed by atoms with van der Waals surface area (Å²) in [5.74, 6) is -0.500. The van der Waals surface area contributed by atoms with Gasteiger partial charge in [0.25, 0.3) is 5.91 Å². The summed E-state index contributed by atoms with van der Waals surface area (Å²) in [5, 5.41) is 13.6. The second-order valence-electron chi connectivity index (χ2n) is 8.86. The van der Waals surface area contributed by atoms with Crippen molar-refractivity contribution >= 4 is 40.5 Å². The van der Waals surface area contributed by atoms with Gasteiger partial charge in [-0.2, -0.15) is 0 Å². The Labute approximate surface area is 179 Å². The Kier molecular flexibility index (Phi) is 4.69. The highest BCUT2D eigenvalue weighted by atomic mass is 35.5. The van der Waals surface area contributed by atoms with Gasteiger partial charge in [0.1, 0.15) is 11.1 Å². The number of benzene rings is 1. The van der Waals surface area contributed by atoms with Crippen LogP contribution < -0.4 is 5.32 Å². The number of allylic oxidation sites excluding steroid dienone is 2. The van der Waals surface area contributed by atoms with Crippen LogP contribution in [-0.4, -0.2) is 45.7 Å². The monoisotopic (exact) mass is 432 g/mol. The highest BCUT2D eigenvalue weighted by Crippen LogP contribution is 2.52. The number of carbonyl (C=O) groups excluding carboxylic acids is 2. The molecule has 2 atom stereocenters. The molecular formula is C22H22Cl2N2O3. The van der Waals surface area contributed by atoms with Gasteiger partial charge in [-0.05, 0) is 35.3 Å². The number of alkyl halides is 1. The van der Waals surface area contributed by atoms with E-state index in [2.05, 4.69) is 26.1 Å². The molecule has 1 aromatic rings. The van der Waals surface area contributed by atoms with Gasteiger partial charge in [0, 0.05) is 28.4 Å². The van der Waals surface area contributed by atoms with E-state index >= 15 is 0 Å². The zero-order chi connectivity index (χ0) is 21.1. The van der Waals surface area contributed by atoms with Crippen LogP contribution in [0.25, 0.3) is 5.57 Å². The van der Waals surface area contributed by atoms with Gasteiger partial charge in [0.05, 0.1) is 6.54 Å². The normalized spacial score (nSPS) is 27.3. The molecule has 7 heteroatoms. The minimum Gasteiger partial charge on any atom is -0.511 e. The average Bonchev–Trinajstić information content (AvgIpc) is 3.03. The number of hydrogen-bond acceptors (Lipinski definition) is 4. The van der Waals surface area contributed by atoms with Crippen molar-refractivity contribution in [2.24, 2.45) is 5.41 Å². The Morgan fingerprint density at radius 3 is 2.69 bits per heavy atom. The molecule has 0 bridgehead atoms. The van der Waals surface area contributed by atoms with Crippen molar-refractivity contribution in [1.29, 1.82) is 0 Å². The van der Waals surface area contributed by atoms with Crippen molar-refractivity contribution < 1.29 is 14.7 Å². The summed E-state index contributed by atoms with van der Waals surface area (Å²) in [5.41, 5.74) is 0.662. The second kappa shape index (κ2) is 6.73. The number of amides is 1. The molecule has 29 heavy (non-hydrogen) atoms. The van der Waals surface area contributed by atoms with Gasteiger partial charge < -0.3 is 10.4 Å². The van der Waals surface area contributed by atoms with Gasteiger partial charge in [-0.3, -0.25) is 14.5 Å². The summed E-state index contributed by atoms with van der Waals surface area (Å²) in [6.07, 6.45) is 3.00. The van der Waals surface area contributed by atoms with E-state index in [0.717, 1.165) is 0 Å². The van der Waals surface area contributed by atoms with Crippen molar-refractivity contribution in [2.45, 2.75) is 31.7 Å². The lowest BCUT2D eigenvalue weighted by molar-refractivity contribution is -0.125. The maximum absolute atomic E-state index is 13.5. The van der Waals surface area contributed by atoms with Crippen LogP contribution in [0.4, 0.5) is 0 Å². The van der Waals surface area contributed by atoms with Crippen LogP contribution in [-0.2, 0) is 9.59 Å². The summed E-state index contributed by atoms with van der Waals surface area (Å²) in [4.78, 5) is 27.9. The molecule has 2 aliphatic heterocycles. The molecule has 2 heterocycles. The van der Waals surface area contributed by atoms with Gasteiger partial charge >= 0.3 is 0 Å². The molecule has 2 unspecified atom stereocenters. The molecular weight excluding hydrogens is 411 g/mol. The summed E-state index contributed by atoms with van der Waals surface area (Å²) >= 11 is 12.3. The molecule has 1 aromatic carbocycles. The van der Waals surface area contributed by atoms with Crippen LogP contribution in [0.5, 0.6) is 0 Å². The SMILES string of the molecule is CC(C)(C)CN1CC(O)=C(c2cccc(Cl)c2)C12C(=O)NC1=CC(Cl)C(=O)C=C12. The van der Waals surface area contributed by atoms with Crippen LogP contribution in [0.2, 0.25) is 5.02 Å². The number of aliphatic hydroxyl groups is 1. The van der Waals surface area contributed by atoms with E-state index in [1.165, 1.54) is 6.08 Å². The summed E-state index contributed by atoms with van der Waals surface area (Å²) in [6.45, 7) is 6.91. The van der Waals surface area contributed by atoms with Crippen LogP contribution >= 0.6 is 23.2 Å². The standard InChI is InChI=1S/C22H22Cl2N2O3/c1-21(2,3)11-26-10-18(28)19(12-5-4-6-13(23)7-12)22(26)14-8-17(27)15(24)9-16(14)25-20(22)29/h4-9,15,28H,10-11H2,1-3H3,(H,25,29). The third-order valence-electron chi connectivity index (χ3n) is 5.37. The van der Waals surface area contributed by atoms with Gasteiger partial charge in [0.2, 0.25) is 0 Å². The van der Waals surface area contributed by atoms with Crippen molar-refractivity contribution in [1.82, 2.24) is 10.2 Å². The maximum Gasteiger partial charge on any atom is 0.254 e. The lowest BCUT2D eigenvalue weighted by atomic mass is 9.77. The number of fused-ring (bicyclic) bond motifs is 2. The topological polar surface area (TPSA) is 69.6 Å². The average molecular weight is 433 g/mol. The van der Waals surface area contributed by atoms with E-state index in [1.54, 1.807) is 24.3 Å². The molecule has 1 spiro atoms. The first-order valence-electron chi connectivity index (χ1n) is 9.41. The van der Waals surface area contributed by atoms with E-state index in [0.29, 0.717) is 34.0 Å². The molecule has 2 N–H and O–H groups in total. The van der Waals surface area contributed by atoms with Crippen LogP contribution in [0.3, 0.4) is 0 Å². The Balaban J connectivity index is 1.98. The van der Waals surface area contributed by atoms with Gasteiger partial charge in [-0.25, -0.2) is 0 Å². The maximum atomic E-state index is 13.5. The van der Waals surface area contributed by atoms with Crippen molar-refractivity contribution in [3.8, 4) is 0 Å². The molecule has 0 aromatic heterocycles. The van der Waals surface area contributed by atoms with Crippen molar-refractivity contribution in [3.05, 3.63) is 64.0 Å². The van der Waals surface area contributed by atoms with Crippen LogP contribution in [0, 0.1) is 5.41 Å². The fourth-order valence-electron chi connectivity index (χ4n) is 4.44. The zero-order valence-electron chi connectivity index (χ0n) is 16.4. The van der Waals surface area contributed by atoms with E-state index in [9.17, 15) is 14.7 Å². The molecule has 4 rings (SSSR count). The van der Waals surface area contributed by atoms with Crippen molar-refractivity contribution in [2.75, 3.05) is 13.1 Å². The molecule has 0 saturated carbocycles. The molecule has 1 fully saturated rings. The highest BCUT2D eigenvalue weighted by molar-refractivity contribution is 6.35. The third kappa shape index (κ3) is 3.12. The van der Waals surface area contributed by atoms with E-state index < -0.39 is 10.9 Å². The van der Waals surface area contributed by atoms with Crippen LogP contribution in [0.1, 0.15) is 26.3 Å². The fourth-order valence-corrected chi connectivity index (χ4v) is 4.81. The second-order valence-corrected chi connectivity index (χ2v) is 9.76. The minimum atomic E-state index is -1.32. The minimum absolute atomic E-state index is 0.0919. The third-order valence-corrected chi connectivity index (χ3v) is 5.95. The number of nitrogens with zero attached hydrogens (tertiary/aromatic N) is 1. The predicted octanol–water partition coefficient (Wildman–Crippen LogP) is 3.84. The first-order chi connectivity index (χ1) is 13.5. The lowest BCUT2D eigenvalue weighted by Gasteiger charge is -2.39. The largest absolute Gasteiger partial charge is 0.511 e. The predicted molar refractivity (Wildman–Crippen MR) is 114 cm³/mol. The Morgan fingerprint density at radius 1 is 1.31 bits per heavy atom. The smallest absolute Gasteiger partial charge is 0.254 e. The van der Waals surface area contributed by atoms with Gasteiger partial charge in [0.15, 0.2) is 11.3 Å². The highest BCUT2D eigenvalue weighted by Gasteiger charge is 2.61. The summed E-state index contributed by atoms with van der Waals surface area (Å²) in [6, 6.07) is 7.04. The number of rotatable bonds is 2. The first-order valence-corrected chi connectivity index (χ1v) is 10.2. The quantitative estimate of drug-likeness (QED) is 0.696. The van der Waals surface area contributed by atoms with Gasteiger partial charge in [-0.1, -0.05) is 44.5 Å². The van der Waals surface area contributed by atoms with Crippen LogP contribution in [0.15, 0.2) is 53.4 Å². The van der Waals surface area contributed by atoms with E-state index in [4.69, 9.17) is 23.2 Å². The Hall–Kier alpha value is -2.08. The van der Waals surface area contributed by atoms with Crippen molar-refractivity contribution in [3.63, 3.8) is 0 Å². The molecule has 152 valence electrons. The molecule has 1 amide bonds. The Bertz CT molecular complexity index is 1020. The van der Waals surface area contributed by atoms with E-state index in [-0.39, 0.29) is 29.4 Å². The molecule has 0 radical (unpaired) electrons. The number of hydrogen-bond donors (Lipinski definition) is 2. The number of nitrogens with one attached hydrogen (secondary N) is 1. The zero-order valence-corrected chi connectivity index (χ0v) is 17.9. The molecule has 5 nitrogen and oxygen atoms in total. The Morgan fingerprint density at radius 2 is 2.03 bits per heavy atom. The number of halogens is 2. The number of ketones is 1. The summed E-state index contributed by atoms with van der Waals surface area (Å²) < 4.78 is 0.